The lowest BCUT2D eigenvalue weighted by atomic mass is 10.1. The number of pyridine rings is 2. The van der Waals surface area contributed by atoms with Crippen LogP contribution >= 0.6 is 0 Å². The lowest BCUT2D eigenvalue weighted by Gasteiger charge is -2.26. The van der Waals surface area contributed by atoms with E-state index in [0.29, 0.717) is 5.75 Å². The number of aromatic hydroxyl groups is 1. The molecule has 0 saturated heterocycles. The smallest absolute Gasteiger partial charge is 0.162 e. The summed E-state index contributed by atoms with van der Waals surface area (Å²) in [4.78, 5) is 12.9. The van der Waals surface area contributed by atoms with Crippen LogP contribution in [0.4, 0.5) is 11.4 Å². The molecule has 0 aliphatic rings. The van der Waals surface area contributed by atoms with Crippen molar-refractivity contribution in [2.45, 2.75) is 19.8 Å². The molecule has 1 N–H and O–H groups in total. The summed E-state index contributed by atoms with van der Waals surface area (Å²) in [5.41, 5.74) is 4.91. The van der Waals surface area contributed by atoms with Crippen molar-refractivity contribution in [1.82, 2.24) is 9.97 Å². The Morgan fingerprint density at radius 2 is 1.25 bits per heavy atom. The SMILES string of the molecule is Cc1cc(N(C)CCc2ccccn2)c(O)c(N(C)CCc2ccccn2)c1. The summed E-state index contributed by atoms with van der Waals surface area (Å²) in [6.45, 7) is 3.63. The highest BCUT2D eigenvalue weighted by Gasteiger charge is 2.15. The molecule has 2 heterocycles. The molecule has 0 unspecified atom stereocenters. The number of aromatic nitrogens is 2. The maximum absolute atomic E-state index is 10.9. The molecule has 5 heteroatoms. The van der Waals surface area contributed by atoms with Gasteiger partial charge in [-0.25, -0.2) is 0 Å². The maximum atomic E-state index is 10.9. The highest BCUT2D eigenvalue weighted by Crippen LogP contribution is 2.37. The molecule has 146 valence electrons. The Labute approximate surface area is 167 Å². The molecule has 28 heavy (non-hydrogen) atoms. The third-order valence-electron chi connectivity index (χ3n) is 4.90. The van der Waals surface area contributed by atoms with Crippen LogP contribution in [0.25, 0.3) is 0 Å². The monoisotopic (exact) mass is 376 g/mol. The van der Waals surface area contributed by atoms with E-state index >= 15 is 0 Å². The maximum Gasteiger partial charge on any atom is 0.162 e. The fourth-order valence-electron chi connectivity index (χ4n) is 3.22. The molecule has 3 aromatic rings. The van der Waals surface area contributed by atoms with Gasteiger partial charge >= 0.3 is 0 Å². The minimum Gasteiger partial charge on any atom is -0.504 e. The zero-order valence-electron chi connectivity index (χ0n) is 16.8. The van der Waals surface area contributed by atoms with Crippen LogP contribution in [-0.2, 0) is 12.8 Å². The molecule has 3 rings (SSSR count). The number of nitrogens with zero attached hydrogens (tertiary/aromatic N) is 4. The van der Waals surface area contributed by atoms with Crippen LogP contribution in [0.2, 0.25) is 0 Å². The average molecular weight is 377 g/mol. The van der Waals surface area contributed by atoms with Crippen molar-refractivity contribution in [3.05, 3.63) is 77.9 Å². The molecule has 0 bridgehead atoms. The Hall–Kier alpha value is -3.08. The van der Waals surface area contributed by atoms with Crippen LogP contribution < -0.4 is 9.80 Å². The standard InChI is InChI=1S/C23H28N4O/c1-18-16-21(26(2)14-10-19-8-4-6-12-24-19)23(28)22(17-18)27(3)15-11-20-9-5-7-13-25-20/h4-9,12-13,16-17,28H,10-11,14-15H2,1-3H3. The van der Waals surface area contributed by atoms with Gasteiger partial charge in [0.2, 0.25) is 0 Å². The van der Waals surface area contributed by atoms with Crippen LogP contribution in [-0.4, -0.2) is 42.3 Å². The van der Waals surface area contributed by atoms with E-state index in [1.54, 1.807) is 0 Å². The molecular formula is C23H28N4O. The number of phenols is 1. The van der Waals surface area contributed by atoms with Crippen molar-refractivity contribution in [2.24, 2.45) is 0 Å². The molecule has 5 nitrogen and oxygen atoms in total. The zero-order valence-corrected chi connectivity index (χ0v) is 16.8. The highest BCUT2D eigenvalue weighted by atomic mass is 16.3. The fourth-order valence-corrected chi connectivity index (χ4v) is 3.22. The van der Waals surface area contributed by atoms with Crippen LogP contribution in [0.3, 0.4) is 0 Å². The minimum atomic E-state index is 0.317. The molecule has 0 aliphatic heterocycles. The molecule has 0 aliphatic carbocycles. The average Bonchev–Trinajstić information content (AvgIpc) is 2.73. The number of hydrogen-bond donors (Lipinski definition) is 1. The molecule has 1 aromatic carbocycles. The molecule has 0 fully saturated rings. The third kappa shape index (κ3) is 5.00. The van der Waals surface area contributed by atoms with Gasteiger partial charge in [0.1, 0.15) is 0 Å². The van der Waals surface area contributed by atoms with Gasteiger partial charge < -0.3 is 14.9 Å². The molecular weight excluding hydrogens is 348 g/mol. The summed E-state index contributed by atoms with van der Waals surface area (Å²) in [6.07, 6.45) is 5.29. The quantitative estimate of drug-likeness (QED) is 0.647. The van der Waals surface area contributed by atoms with Gasteiger partial charge in [-0.3, -0.25) is 9.97 Å². The largest absolute Gasteiger partial charge is 0.504 e. The first-order valence-electron chi connectivity index (χ1n) is 9.60. The number of phenolic OH excluding ortho intramolecular Hbond substituents is 1. The number of aryl methyl sites for hydroxylation is 1. The van der Waals surface area contributed by atoms with Crippen LogP contribution in [0.5, 0.6) is 5.75 Å². The van der Waals surface area contributed by atoms with Crippen LogP contribution in [0.1, 0.15) is 17.0 Å². The van der Waals surface area contributed by atoms with E-state index in [2.05, 4.69) is 26.7 Å². The minimum absolute atomic E-state index is 0.317. The van der Waals surface area contributed by atoms with Gasteiger partial charge in [0.15, 0.2) is 5.75 Å². The highest BCUT2D eigenvalue weighted by molar-refractivity contribution is 5.73. The van der Waals surface area contributed by atoms with Crippen molar-refractivity contribution in [3.8, 4) is 5.75 Å². The second-order valence-electron chi connectivity index (χ2n) is 7.14. The van der Waals surface area contributed by atoms with Gasteiger partial charge in [-0.05, 0) is 48.9 Å². The van der Waals surface area contributed by atoms with Gasteiger partial charge in [-0.1, -0.05) is 12.1 Å². The normalized spacial score (nSPS) is 10.7. The third-order valence-corrected chi connectivity index (χ3v) is 4.90. The number of hydrogen-bond acceptors (Lipinski definition) is 5. The summed E-state index contributed by atoms with van der Waals surface area (Å²) in [5.74, 6) is 0.317. The Morgan fingerprint density at radius 1 is 0.786 bits per heavy atom. The summed E-state index contributed by atoms with van der Waals surface area (Å²) in [6, 6.07) is 16.0. The van der Waals surface area contributed by atoms with Crippen molar-refractivity contribution in [1.29, 1.82) is 0 Å². The number of benzene rings is 1. The van der Waals surface area contributed by atoms with Crippen molar-refractivity contribution in [2.75, 3.05) is 37.0 Å². The molecule has 2 aromatic heterocycles. The van der Waals surface area contributed by atoms with Crippen molar-refractivity contribution >= 4 is 11.4 Å². The Bertz CT molecular complexity index is 813. The molecule has 0 amide bonds. The molecule has 0 atom stereocenters. The second kappa shape index (κ2) is 9.22. The van der Waals surface area contributed by atoms with E-state index in [-0.39, 0.29) is 0 Å². The summed E-state index contributed by atoms with van der Waals surface area (Å²) in [5, 5.41) is 10.9. The number of likely N-dealkylation sites (N-methyl/N-ethyl adjacent to an activating group) is 2. The Morgan fingerprint density at radius 3 is 1.64 bits per heavy atom. The summed E-state index contributed by atoms with van der Waals surface area (Å²) >= 11 is 0. The second-order valence-corrected chi connectivity index (χ2v) is 7.14. The van der Waals surface area contributed by atoms with Gasteiger partial charge in [0.25, 0.3) is 0 Å². The van der Waals surface area contributed by atoms with E-state index in [1.165, 1.54) is 0 Å². The van der Waals surface area contributed by atoms with Gasteiger partial charge in [0, 0.05) is 63.8 Å². The van der Waals surface area contributed by atoms with Crippen molar-refractivity contribution < 1.29 is 5.11 Å². The first kappa shape index (κ1) is 19.7. The lowest BCUT2D eigenvalue weighted by molar-refractivity contribution is 0.474. The Balaban J connectivity index is 1.71. The topological polar surface area (TPSA) is 52.5 Å². The molecule has 0 saturated carbocycles. The van der Waals surface area contributed by atoms with E-state index in [1.807, 2.05) is 75.0 Å². The molecule has 0 radical (unpaired) electrons. The number of anilines is 2. The summed E-state index contributed by atoms with van der Waals surface area (Å²) in [7, 11) is 4.02. The zero-order chi connectivity index (χ0) is 19.9. The van der Waals surface area contributed by atoms with Crippen molar-refractivity contribution in [3.63, 3.8) is 0 Å². The predicted molar refractivity (Wildman–Crippen MR) is 115 cm³/mol. The number of rotatable bonds is 8. The van der Waals surface area contributed by atoms with E-state index in [0.717, 1.165) is 54.3 Å². The van der Waals surface area contributed by atoms with Gasteiger partial charge in [-0.15, -0.1) is 0 Å². The van der Waals surface area contributed by atoms with E-state index < -0.39 is 0 Å². The van der Waals surface area contributed by atoms with E-state index in [4.69, 9.17) is 0 Å². The predicted octanol–water partition coefficient (Wildman–Crippen LogP) is 3.85. The summed E-state index contributed by atoms with van der Waals surface area (Å²) < 4.78 is 0. The fraction of sp³-hybridized carbons (Fsp3) is 0.304. The van der Waals surface area contributed by atoms with Gasteiger partial charge in [-0.2, -0.15) is 0 Å². The molecule has 0 spiro atoms. The van der Waals surface area contributed by atoms with Crippen LogP contribution in [0.15, 0.2) is 60.9 Å². The first-order chi connectivity index (χ1) is 13.5. The van der Waals surface area contributed by atoms with Gasteiger partial charge in [0.05, 0.1) is 11.4 Å². The van der Waals surface area contributed by atoms with Crippen LogP contribution in [0, 0.1) is 6.92 Å². The van der Waals surface area contributed by atoms with E-state index in [9.17, 15) is 5.11 Å². The first-order valence-corrected chi connectivity index (χ1v) is 9.60. The lowest BCUT2D eigenvalue weighted by Crippen LogP contribution is -2.24. The Kier molecular flexibility index (Phi) is 6.48.